The van der Waals surface area contributed by atoms with E-state index >= 15 is 0 Å². The van der Waals surface area contributed by atoms with Gasteiger partial charge >= 0.3 is 0 Å². The number of ketones is 1. The van der Waals surface area contributed by atoms with E-state index in [0.29, 0.717) is 41.7 Å². The van der Waals surface area contributed by atoms with Crippen LogP contribution in [0.3, 0.4) is 0 Å². The summed E-state index contributed by atoms with van der Waals surface area (Å²) in [4.78, 5) is 12.0. The molecule has 0 aliphatic carbocycles. The van der Waals surface area contributed by atoms with E-state index in [1.165, 1.54) is 0 Å². The van der Waals surface area contributed by atoms with E-state index in [2.05, 4.69) is 0 Å². The highest BCUT2D eigenvalue weighted by Crippen LogP contribution is 2.21. The molecule has 0 N–H and O–H groups in total. The molecule has 18 heavy (non-hydrogen) atoms. The van der Waals surface area contributed by atoms with Crippen LogP contribution in [0.15, 0.2) is 18.2 Å². The molecule has 0 aromatic heterocycles. The first-order valence-corrected chi connectivity index (χ1v) is 6.63. The molecule has 5 heteroatoms. The van der Waals surface area contributed by atoms with Crippen LogP contribution in [0.25, 0.3) is 0 Å². The third-order valence-corrected chi connectivity index (χ3v) is 3.12. The molecule has 0 atom stereocenters. The van der Waals surface area contributed by atoms with Crippen LogP contribution in [0, 0.1) is 0 Å². The summed E-state index contributed by atoms with van der Waals surface area (Å²) in [6, 6.07) is 4.85. The highest BCUT2D eigenvalue weighted by atomic mass is 35.5. The van der Waals surface area contributed by atoms with Crippen LogP contribution in [-0.4, -0.2) is 25.3 Å². The van der Waals surface area contributed by atoms with Crippen LogP contribution >= 0.6 is 23.2 Å². The zero-order valence-corrected chi connectivity index (χ0v) is 11.3. The Kier molecular flexibility index (Phi) is 5.01. The van der Waals surface area contributed by atoms with Crippen LogP contribution < -0.4 is 0 Å². The summed E-state index contributed by atoms with van der Waals surface area (Å²) >= 11 is 11.7. The van der Waals surface area contributed by atoms with Crippen molar-refractivity contribution in [2.45, 2.75) is 25.6 Å². The van der Waals surface area contributed by atoms with Gasteiger partial charge in [0.2, 0.25) is 0 Å². The van der Waals surface area contributed by atoms with E-state index < -0.39 is 0 Å². The van der Waals surface area contributed by atoms with E-state index in [4.69, 9.17) is 32.7 Å². The number of hydrogen-bond acceptors (Lipinski definition) is 3. The van der Waals surface area contributed by atoms with Gasteiger partial charge in [-0.25, -0.2) is 0 Å². The van der Waals surface area contributed by atoms with Gasteiger partial charge in [0.05, 0.1) is 13.2 Å². The van der Waals surface area contributed by atoms with Gasteiger partial charge in [0.1, 0.15) is 0 Å². The van der Waals surface area contributed by atoms with E-state index in [1.807, 2.05) is 0 Å². The Morgan fingerprint density at radius 2 is 1.78 bits per heavy atom. The maximum atomic E-state index is 12.0. The molecule has 0 unspecified atom stereocenters. The smallest absolute Gasteiger partial charge is 0.163 e. The lowest BCUT2D eigenvalue weighted by Gasteiger charge is -2.22. The van der Waals surface area contributed by atoms with Crippen molar-refractivity contribution in [2.75, 3.05) is 13.2 Å². The Hall–Kier alpha value is -0.610. The molecule has 1 aliphatic rings. The van der Waals surface area contributed by atoms with Gasteiger partial charge in [0, 0.05) is 28.5 Å². The zero-order valence-electron chi connectivity index (χ0n) is 9.83. The molecule has 3 nitrogen and oxygen atoms in total. The van der Waals surface area contributed by atoms with Crippen LogP contribution in [-0.2, 0) is 9.47 Å². The summed E-state index contributed by atoms with van der Waals surface area (Å²) in [5.74, 6) is -0.00262. The van der Waals surface area contributed by atoms with Gasteiger partial charge in [-0.3, -0.25) is 4.79 Å². The predicted octanol–water partition coefficient (Wildman–Crippen LogP) is 3.72. The van der Waals surface area contributed by atoms with Gasteiger partial charge in [-0.2, -0.15) is 0 Å². The molecule has 1 heterocycles. The molecular weight excluding hydrogens is 275 g/mol. The molecule has 0 saturated carbocycles. The Balaban J connectivity index is 1.90. The van der Waals surface area contributed by atoms with E-state index in [1.54, 1.807) is 18.2 Å². The fourth-order valence-electron chi connectivity index (χ4n) is 1.81. The Morgan fingerprint density at radius 1 is 1.17 bits per heavy atom. The average Bonchev–Trinajstić information content (AvgIpc) is 2.36. The normalized spacial score (nSPS) is 16.8. The first-order chi connectivity index (χ1) is 8.65. The Bertz CT molecular complexity index is 408. The van der Waals surface area contributed by atoms with Gasteiger partial charge in [-0.1, -0.05) is 23.2 Å². The molecule has 98 valence electrons. The summed E-state index contributed by atoms with van der Waals surface area (Å²) in [6.45, 7) is 1.39. The van der Waals surface area contributed by atoms with Crippen LogP contribution in [0.4, 0.5) is 0 Å². The highest BCUT2D eigenvalue weighted by Gasteiger charge is 2.16. The topological polar surface area (TPSA) is 35.5 Å². The standard InChI is InChI=1S/C13H14Cl2O3/c14-10-6-9(7-11(15)8-10)12(16)2-3-13-17-4-1-5-18-13/h6-8,13H,1-5H2. The second-order valence-corrected chi connectivity index (χ2v) is 5.02. The lowest BCUT2D eigenvalue weighted by molar-refractivity contribution is -0.180. The number of rotatable bonds is 4. The second kappa shape index (κ2) is 6.53. The predicted molar refractivity (Wildman–Crippen MR) is 70.3 cm³/mol. The van der Waals surface area contributed by atoms with Crippen molar-refractivity contribution < 1.29 is 14.3 Å². The molecule has 1 aromatic rings. The fourth-order valence-corrected chi connectivity index (χ4v) is 2.34. The van der Waals surface area contributed by atoms with Crippen molar-refractivity contribution >= 4 is 29.0 Å². The first-order valence-electron chi connectivity index (χ1n) is 5.87. The van der Waals surface area contributed by atoms with Gasteiger partial charge in [0.15, 0.2) is 12.1 Å². The monoisotopic (exact) mass is 288 g/mol. The maximum Gasteiger partial charge on any atom is 0.163 e. The molecule has 0 amide bonds. The van der Waals surface area contributed by atoms with Crippen molar-refractivity contribution in [3.05, 3.63) is 33.8 Å². The number of benzene rings is 1. The maximum absolute atomic E-state index is 12.0. The Labute approximate surface area is 116 Å². The lowest BCUT2D eigenvalue weighted by Crippen LogP contribution is -2.25. The molecule has 0 bridgehead atoms. The highest BCUT2D eigenvalue weighted by molar-refractivity contribution is 6.35. The minimum Gasteiger partial charge on any atom is -0.353 e. The summed E-state index contributed by atoms with van der Waals surface area (Å²) in [5, 5.41) is 0.937. The quantitative estimate of drug-likeness (QED) is 0.792. The van der Waals surface area contributed by atoms with Crippen molar-refractivity contribution in [1.29, 1.82) is 0 Å². The summed E-state index contributed by atoms with van der Waals surface area (Å²) in [5.41, 5.74) is 0.531. The van der Waals surface area contributed by atoms with E-state index in [0.717, 1.165) is 6.42 Å². The number of Topliss-reactive ketones (excluding diaryl/α,β-unsaturated/α-hetero) is 1. The third kappa shape index (κ3) is 3.95. The summed E-state index contributed by atoms with van der Waals surface area (Å²) in [6.07, 6.45) is 1.57. The number of halogens is 2. The molecule has 1 saturated heterocycles. The lowest BCUT2D eigenvalue weighted by atomic mass is 10.1. The summed E-state index contributed by atoms with van der Waals surface area (Å²) < 4.78 is 10.8. The van der Waals surface area contributed by atoms with Gasteiger partial charge in [0.25, 0.3) is 0 Å². The fraction of sp³-hybridized carbons (Fsp3) is 0.462. The SMILES string of the molecule is O=C(CCC1OCCCO1)c1cc(Cl)cc(Cl)c1. The van der Waals surface area contributed by atoms with Gasteiger partial charge in [-0.15, -0.1) is 0 Å². The number of hydrogen-bond donors (Lipinski definition) is 0. The molecule has 2 rings (SSSR count). The average molecular weight is 289 g/mol. The van der Waals surface area contributed by atoms with Crippen LogP contribution in [0.1, 0.15) is 29.6 Å². The number of ether oxygens (including phenoxy) is 2. The first kappa shape index (κ1) is 13.8. The van der Waals surface area contributed by atoms with Gasteiger partial charge in [-0.05, 0) is 24.6 Å². The van der Waals surface area contributed by atoms with Crippen molar-refractivity contribution in [2.24, 2.45) is 0 Å². The molecule has 0 spiro atoms. The van der Waals surface area contributed by atoms with E-state index in [9.17, 15) is 4.79 Å². The third-order valence-electron chi connectivity index (χ3n) is 2.69. The number of carbonyl (C=O) groups is 1. The van der Waals surface area contributed by atoms with Crippen molar-refractivity contribution in [1.82, 2.24) is 0 Å². The minimum absolute atomic E-state index is 0.00262. The molecule has 1 aromatic carbocycles. The molecule has 0 radical (unpaired) electrons. The zero-order chi connectivity index (χ0) is 13.0. The molecular formula is C13H14Cl2O3. The largest absolute Gasteiger partial charge is 0.353 e. The van der Waals surface area contributed by atoms with Gasteiger partial charge < -0.3 is 9.47 Å². The summed E-state index contributed by atoms with van der Waals surface area (Å²) in [7, 11) is 0. The Morgan fingerprint density at radius 3 is 2.39 bits per heavy atom. The van der Waals surface area contributed by atoms with Crippen molar-refractivity contribution in [3.63, 3.8) is 0 Å². The second-order valence-electron chi connectivity index (χ2n) is 4.14. The number of carbonyl (C=O) groups excluding carboxylic acids is 1. The van der Waals surface area contributed by atoms with E-state index in [-0.39, 0.29) is 12.1 Å². The van der Waals surface area contributed by atoms with Crippen LogP contribution in [0.5, 0.6) is 0 Å². The van der Waals surface area contributed by atoms with Crippen LogP contribution in [0.2, 0.25) is 10.0 Å². The molecule has 1 aliphatic heterocycles. The van der Waals surface area contributed by atoms with Crippen molar-refractivity contribution in [3.8, 4) is 0 Å². The minimum atomic E-state index is -0.266. The molecule has 1 fully saturated rings.